The Labute approximate surface area is 131 Å². The summed E-state index contributed by atoms with van der Waals surface area (Å²) >= 11 is 1.73. The summed E-state index contributed by atoms with van der Waals surface area (Å²) < 4.78 is 5.90. The molecule has 0 saturated heterocycles. The number of hydrogen-bond acceptors (Lipinski definition) is 4. The Morgan fingerprint density at radius 2 is 2.05 bits per heavy atom. The molecule has 4 heteroatoms. The van der Waals surface area contributed by atoms with Gasteiger partial charge in [-0.25, -0.2) is 4.98 Å². The smallest absolute Gasteiger partial charge is 0.122 e. The van der Waals surface area contributed by atoms with Gasteiger partial charge in [0.05, 0.1) is 17.3 Å². The van der Waals surface area contributed by atoms with Crippen LogP contribution < -0.4 is 10.5 Å². The third-order valence-corrected chi connectivity index (χ3v) is 4.59. The average molecular weight is 304 g/mol. The van der Waals surface area contributed by atoms with Gasteiger partial charge in [-0.2, -0.15) is 0 Å². The summed E-state index contributed by atoms with van der Waals surface area (Å²) in [7, 11) is 0. The van der Waals surface area contributed by atoms with Crippen LogP contribution in [-0.2, 0) is 19.4 Å². The van der Waals surface area contributed by atoms with Crippen molar-refractivity contribution < 1.29 is 4.74 Å². The Bertz CT molecular complexity index is 592. The van der Waals surface area contributed by atoms with E-state index in [1.54, 1.807) is 11.3 Å². The first kappa shape index (κ1) is 16.0. The molecule has 114 valence electrons. The van der Waals surface area contributed by atoms with Crippen LogP contribution in [0.15, 0.2) is 18.2 Å². The Balaban J connectivity index is 1.95. The molecule has 0 fully saturated rings. The zero-order valence-electron chi connectivity index (χ0n) is 13.1. The van der Waals surface area contributed by atoms with Crippen molar-refractivity contribution in [2.45, 2.75) is 46.6 Å². The van der Waals surface area contributed by atoms with Crippen molar-refractivity contribution in [2.75, 3.05) is 6.61 Å². The molecule has 21 heavy (non-hydrogen) atoms. The van der Waals surface area contributed by atoms with Gasteiger partial charge < -0.3 is 10.5 Å². The second-order valence-electron chi connectivity index (χ2n) is 5.30. The Kier molecular flexibility index (Phi) is 5.76. The molecule has 0 spiro atoms. The number of benzene rings is 1. The maximum absolute atomic E-state index is 5.90. The van der Waals surface area contributed by atoms with Gasteiger partial charge in [-0.05, 0) is 37.5 Å². The lowest BCUT2D eigenvalue weighted by Crippen LogP contribution is -2.02. The van der Waals surface area contributed by atoms with Gasteiger partial charge in [-0.3, -0.25) is 0 Å². The predicted molar refractivity (Wildman–Crippen MR) is 89.1 cm³/mol. The molecule has 2 rings (SSSR count). The van der Waals surface area contributed by atoms with Crippen molar-refractivity contribution in [3.05, 3.63) is 44.9 Å². The molecule has 2 aromatic rings. The van der Waals surface area contributed by atoms with Crippen LogP contribution in [0.5, 0.6) is 5.75 Å². The van der Waals surface area contributed by atoms with Crippen LogP contribution in [0, 0.1) is 13.8 Å². The standard InChI is InChI=1S/C17H24N2OS/c1-4-5-14-16(11-18)21-17(19-14)8-9-20-15-10-12(2)6-7-13(15)3/h6-7,10H,4-5,8-9,11,18H2,1-3H3. The van der Waals surface area contributed by atoms with E-state index in [9.17, 15) is 0 Å². The van der Waals surface area contributed by atoms with Crippen LogP contribution in [0.4, 0.5) is 0 Å². The third kappa shape index (κ3) is 4.29. The van der Waals surface area contributed by atoms with Crippen LogP contribution in [0.25, 0.3) is 0 Å². The molecule has 0 atom stereocenters. The van der Waals surface area contributed by atoms with Crippen molar-refractivity contribution >= 4 is 11.3 Å². The van der Waals surface area contributed by atoms with Crippen molar-refractivity contribution in [1.29, 1.82) is 0 Å². The van der Waals surface area contributed by atoms with E-state index >= 15 is 0 Å². The van der Waals surface area contributed by atoms with Crippen LogP contribution in [-0.4, -0.2) is 11.6 Å². The molecule has 0 amide bonds. The summed E-state index contributed by atoms with van der Waals surface area (Å²) in [6.45, 7) is 7.57. The Morgan fingerprint density at radius 1 is 1.24 bits per heavy atom. The summed E-state index contributed by atoms with van der Waals surface area (Å²) in [6.07, 6.45) is 2.96. The second-order valence-corrected chi connectivity index (χ2v) is 6.47. The number of aromatic nitrogens is 1. The highest BCUT2D eigenvalue weighted by Gasteiger charge is 2.09. The molecule has 3 nitrogen and oxygen atoms in total. The number of nitrogens with zero attached hydrogens (tertiary/aromatic N) is 1. The van der Waals surface area contributed by atoms with Crippen LogP contribution in [0.3, 0.4) is 0 Å². The Hall–Kier alpha value is -1.39. The fraction of sp³-hybridized carbons (Fsp3) is 0.471. The number of thiazole rings is 1. The highest BCUT2D eigenvalue weighted by Crippen LogP contribution is 2.22. The number of nitrogens with two attached hydrogens (primary N) is 1. The quantitative estimate of drug-likeness (QED) is 0.846. The zero-order chi connectivity index (χ0) is 15.2. The summed E-state index contributed by atoms with van der Waals surface area (Å²) in [5.41, 5.74) is 9.36. The van der Waals surface area contributed by atoms with Gasteiger partial charge in [0, 0.05) is 17.8 Å². The highest BCUT2D eigenvalue weighted by atomic mass is 32.1. The molecule has 1 aromatic heterocycles. The molecule has 1 heterocycles. The Morgan fingerprint density at radius 3 is 2.76 bits per heavy atom. The summed E-state index contributed by atoms with van der Waals surface area (Å²) in [4.78, 5) is 5.92. The van der Waals surface area contributed by atoms with Crippen molar-refractivity contribution in [3.8, 4) is 5.75 Å². The number of ether oxygens (including phenoxy) is 1. The van der Waals surface area contributed by atoms with Crippen molar-refractivity contribution in [2.24, 2.45) is 5.73 Å². The summed E-state index contributed by atoms with van der Waals surface area (Å²) in [6, 6.07) is 6.29. The molecule has 0 bridgehead atoms. The lowest BCUT2D eigenvalue weighted by Gasteiger charge is -2.09. The van der Waals surface area contributed by atoms with Gasteiger partial charge in [0.1, 0.15) is 5.75 Å². The fourth-order valence-electron chi connectivity index (χ4n) is 2.25. The minimum Gasteiger partial charge on any atom is -0.493 e. The minimum atomic E-state index is 0.588. The normalized spacial score (nSPS) is 10.9. The number of hydrogen-bond donors (Lipinski definition) is 1. The molecular formula is C17H24N2OS. The largest absolute Gasteiger partial charge is 0.493 e. The second kappa shape index (κ2) is 7.57. The fourth-order valence-corrected chi connectivity index (χ4v) is 3.22. The molecule has 0 aliphatic heterocycles. The molecular weight excluding hydrogens is 280 g/mol. The van der Waals surface area contributed by atoms with E-state index in [4.69, 9.17) is 15.5 Å². The molecule has 2 N–H and O–H groups in total. The van der Waals surface area contributed by atoms with E-state index in [1.165, 1.54) is 21.7 Å². The van der Waals surface area contributed by atoms with Gasteiger partial charge in [-0.1, -0.05) is 25.5 Å². The van der Waals surface area contributed by atoms with E-state index in [-0.39, 0.29) is 0 Å². The lowest BCUT2D eigenvalue weighted by atomic mass is 10.1. The van der Waals surface area contributed by atoms with Gasteiger partial charge in [0.2, 0.25) is 0 Å². The third-order valence-electron chi connectivity index (χ3n) is 3.41. The van der Waals surface area contributed by atoms with Crippen LogP contribution >= 0.6 is 11.3 Å². The molecule has 0 aliphatic rings. The average Bonchev–Trinajstić information content (AvgIpc) is 2.85. The SMILES string of the molecule is CCCc1nc(CCOc2cc(C)ccc2C)sc1CN. The molecule has 1 aromatic carbocycles. The predicted octanol–water partition coefficient (Wildman–Crippen LogP) is 3.79. The van der Waals surface area contributed by atoms with Crippen LogP contribution in [0.1, 0.15) is 40.1 Å². The van der Waals surface area contributed by atoms with Gasteiger partial charge >= 0.3 is 0 Å². The number of rotatable bonds is 7. The number of aryl methyl sites for hydroxylation is 3. The first-order valence-corrected chi connectivity index (χ1v) is 8.33. The molecule has 0 radical (unpaired) electrons. The summed E-state index contributed by atoms with van der Waals surface area (Å²) in [5.74, 6) is 0.972. The van der Waals surface area contributed by atoms with E-state index in [1.807, 2.05) is 0 Å². The maximum Gasteiger partial charge on any atom is 0.122 e. The molecule has 0 saturated carbocycles. The van der Waals surface area contributed by atoms with E-state index in [0.29, 0.717) is 13.2 Å². The van der Waals surface area contributed by atoms with E-state index < -0.39 is 0 Å². The van der Waals surface area contributed by atoms with E-state index in [2.05, 4.69) is 39.0 Å². The zero-order valence-corrected chi connectivity index (χ0v) is 13.9. The maximum atomic E-state index is 5.90. The molecule has 0 unspecified atom stereocenters. The highest BCUT2D eigenvalue weighted by molar-refractivity contribution is 7.11. The van der Waals surface area contributed by atoms with Crippen molar-refractivity contribution in [1.82, 2.24) is 4.98 Å². The van der Waals surface area contributed by atoms with Gasteiger partial charge in [0.25, 0.3) is 0 Å². The summed E-state index contributed by atoms with van der Waals surface area (Å²) in [5, 5.41) is 1.13. The molecule has 0 aliphatic carbocycles. The first-order chi connectivity index (χ1) is 10.1. The van der Waals surface area contributed by atoms with Crippen LogP contribution in [0.2, 0.25) is 0 Å². The van der Waals surface area contributed by atoms with E-state index in [0.717, 1.165) is 30.0 Å². The van der Waals surface area contributed by atoms with Gasteiger partial charge in [-0.15, -0.1) is 11.3 Å². The minimum absolute atomic E-state index is 0.588. The van der Waals surface area contributed by atoms with Crippen molar-refractivity contribution in [3.63, 3.8) is 0 Å². The van der Waals surface area contributed by atoms with Gasteiger partial charge in [0.15, 0.2) is 0 Å². The topological polar surface area (TPSA) is 48.1 Å². The first-order valence-electron chi connectivity index (χ1n) is 7.51. The lowest BCUT2D eigenvalue weighted by molar-refractivity contribution is 0.319. The monoisotopic (exact) mass is 304 g/mol.